The molecule has 1 aromatic carbocycles. The number of carboxylic acids is 1. The molecule has 2 heterocycles. The molecular weight excluding hydrogens is 312 g/mol. The lowest BCUT2D eigenvalue weighted by Crippen LogP contribution is -1.91. The molecule has 3 rings (SSSR count). The van der Waals surface area contributed by atoms with Gasteiger partial charge in [0.25, 0.3) is 0 Å². The fourth-order valence-corrected chi connectivity index (χ4v) is 2.80. The summed E-state index contributed by atoms with van der Waals surface area (Å²) >= 11 is 6.31. The number of hydrogen-bond donors (Lipinski definition) is 1. The number of aromatic nitrogens is 2. The van der Waals surface area contributed by atoms with Crippen LogP contribution in [0.25, 0.3) is 11.6 Å². The highest BCUT2D eigenvalue weighted by molar-refractivity contribution is 6.31. The quantitative estimate of drug-likeness (QED) is 0.738. The molecule has 2 aromatic heterocycles. The van der Waals surface area contributed by atoms with Crippen LogP contribution in [-0.4, -0.2) is 20.5 Å². The van der Waals surface area contributed by atoms with Gasteiger partial charge in [-0.1, -0.05) is 29.8 Å². The van der Waals surface area contributed by atoms with E-state index >= 15 is 0 Å². The number of aryl methyl sites for hydroxylation is 1. The van der Waals surface area contributed by atoms with Crippen LogP contribution in [0.5, 0.6) is 0 Å². The van der Waals surface area contributed by atoms with Crippen LogP contribution in [0.2, 0.25) is 5.02 Å². The van der Waals surface area contributed by atoms with Crippen LogP contribution >= 0.6 is 11.6 Å². The average molecular weight is 327 g/mol. The van der Waals surface area contributed by atoms with Crippen molar-refractivity contribution < 1.29 is 9.90 Å². The first-order chi connectivity index (χ1) is 11.0. The molecule has 0 fully saturated rings. The average Bonchev–Trinajstić information content (AvgIpc) is 2.86. The number of benzene rings is 1. The lowest BCUT2D eigenvalue weighted by atomic mass is 10.1. The maximum absolute atomic E-state index is 10.7. The topological polar surface area (TPSA) is 54.6 Å². The van der Waals surface area contributed by atoms with E-state index in [9.17, 15) is 4.79 Å². The van der Waals surface area contributed by atoms with E-state index in [4.69, 9.17) is 16.7 Å². The lowest BCUT2D eigenvalue weighted by Gasteiger charge is -2.04. The van der Waals surface area contributed by atoms with Crippen molar-refractivity contribution in [2.24, 2.45) is 0 Å². The van der Waals surface area contributed by atoms with Gasteiger partial charge in [-0.05, 0) is 42.3 Å². The number of imidazole rings is 1. The number of fused-ring (bicyclic) bond motifs is 1. The Kier molecular flexibility index (Phi) is 4.17. The third kappa shape index (κ3) is 3.27. The van der Waals surface area contributed by atoms with Gasteiger partial charge in [0.15, 0.2) is 0 Å². The number of halogens is 1. The fourth-order valence-electron chi connectivity index (χ4n) is 2.50. The smallest absolute Gasteiger partial charge is 0.328 e. The molecule has 4 nitrogen and oxygen atoms in total. The van der Waals surface area contributed by atoms with E-state index in [-0.39, 0.29) is 0 Å². The number of aliphatic carboxylic acids is 1. The molecule has 0 aliphatic heterocycles. The van der Waals surface area contributed by atoms with Gasteiger partial charge in [-0.2, -0.15) is 0 Å². The Morgan fingerprint density at radius 1 is 1.35 bits per heavy atom. The molecule has 5 heteroatoms. The zero-order valence-corrected chi connectivity index (χ0v) is 13.3. The van der Waals surface area contributed by atoms with Crippen molar-refractivity contribution in [1.29, 1.82) is 0 Å². The molecule has 0 atom stereocenters. The van der Waals surface area contributed by atoms with Gasteiger partial charge in [0.05, 0.1) is 11.2 Å². The van der Waals surface area contributed by atoms with Crippen molar-refractivity contribution in [3.05, 3.63) is 76.3 Å². The van der Waals surface area contributed by atoms with Crippen LogP contribution in [0.15, 0.2) is 48.7 Å². The van der Waals surface area contributed by atoms with Gasteiger partial charge in [-0.25, -0.2) is 9.78 Å². The Hall–Kier alpha value is -2.59. The zero-order chi connectivity index (χ0) is 16.4. The largest absolute Gasteiger partial charge is 0.478 e. The van der Waals surface area contributed by atoms with Gasteiger partial charge in [0.2, 0.25) is 0 Å². The van der Waals surface area contributed by atoms with E-state index < -0.39 is 5.97 Å². The Bertz CT molecular complexity index is 913. The number of carbonyl (C=O) groups is 1. The molecule has 0 unspecified atom stereocenters. The minimum Gasteiger partial charge on any atom is -0.478 e. The van der Waals surface area contributed by atoms with E-state index in [0.717, 1.165) is 28.4 Å². The standard InChI is InChI=1S/C18H15ClN2O2/c1-12-5-6-13(14(19)10-12)11-15-16-4-2-3-9-21(16)17(20-15)7-8-18(22)23/h2-10H,11H2,1H3,(H,22,23). The lowest BCUT2D eigenvalue weighted by molar-refractivity contribution is -0.131. The molecule has 23 heavy (non-hydrogen) atoms. The number of rotatable bonds is 4. The van der Waals surface area contributed by atoms with E-state index in [0.29, 0.717) is 17.3 Å². The van der Waals surface area contributed by atoms with Crippen LogP contribution in [-0.2, 0) is 11.2 Å². The second kappa shape index (κ2) is 6.26. The molecule has 0 aliphatic rings. The molecule has 0 saturated heterocycles. The van der Waals surface area contributed by atoms with Gasteiger partial charge >= 0.3 is 5.97 Å². The maximum atomic E-state index is 10.7. The maximum Gasteiger partial charge on any atom is 0.328 e. The number of pyridine rings is 1. The Labute approximate surface area is 138 Å². The molecule has 0 amide bonds. The number of carboxylic acid groups (broad SMARTS) is 1. The van der Waals surface area contributed by atoms with E-state index in [1.807, 2.05) is 53.9 Å². The highest BCUT2D eigenvalue weighted by atomic mass is 35.5. The predicted octanol–water partition coefficient (Wildman–Crippen LogP) is 3.98. The molecule has 0 radical (unpaired) electrons. The van der Waals surface area contributed by atoms with Gasteiger partial charge in [0.1, 0.15) is 5.82 Å². The molecule has 0 saturated carbocycles. The Morgan fingerprint density at radius 3 is 2.91 bits per heavy atom. The molecule has 1 N–H and O–H groups in total. The highest BCUT2D eigenvalue weighted by Gasteiger charge is 2.11. The van der Waals surface area contributed by atoms with Crippen LogP contribution in [0.1, 0.15) is 22.6 Å². The van der Waals surface area contributed by atoms with Gasteiger partial charge in [-0.3, -0.25) is 4.40 Å². The highest BCUT2D eigenvalue weighted by Crippen LogP contribution is 2.23. The molecule has 116 valence electrons. The minimum absolute atomic E-state index is 0.584. The SMILES string of the molecule is Cc1ccc(Cc2nc(C=CC(=O)O)n3ccccc23)c(Cl)c1. The molecule has 3 aromatic rings. The number of hydrogen-bond acceptors (Lipinski definition) is 2. The first kappa shape index (κ1) is 15.3. The second-order valence-electron chi connectivity index (χ2n) is 5.32. The summed E-state index contributed by atoms with van der Waals surface area (Å²) in [6, 6.07) is 11.7. The monoisotopic (exact) mass is 326 g/mol. The van der Waals surface area contributed by atoms with Gasteiger partial charge in [-0.15, -0.1) is 0 Å². The van der Waals surface area contributed by atoms with Gasteiger partial charge < -0.3 is 5.11 Å². The molecule has 0 bridgehead atoms. The van der Waals surface area contributed by atoms with Crippen LogP contribution in [0.3, 0.4) is 0 Å². The van der Waals surface area contributed by atoms with Crippen LogP contribution < -0.4 is 0 Å². The van der Waals surface area contributed by atoms with Crippen molar-refractivity contribution in [2.45, 2.75) is 13.3 Å². The Morgan fingerprint density at radius 2 is 2.17 bits per heavy atom. The third-order valence-electron chi connectivity index (χ3n) is 3.59. The zero-order valence-electron chi connectivity index (χ0n) is 12.5. The van der Waals surface area contributed by atoms with Crippen LogP contribution in [0.4, 0.5) is 0 Å². The molecule has 0 spiro atoms. The summed E-state index contributed by atoms with van der Waals surface area (Å²) in [7, 11) is 0. The predicted molar refractivity (Wildman–Crippen MR) is 90.9 cm³/mol. The van der Waals surface area contributed by atoms with Crippen molar-refractivity contribution in [2.75, 3.05) is 0 Å². The van der Waals surface area contributed by atoms with Gasteiger partial charge in [0, 0.05) is 23.7 Å². The van der Waals surface area contributed by atoms with E-state index in [1.165, 1.54) is 6.08 Å². The normalized spacial score (nSPS) is 11.4. The first-order valence-electron chi connectivity index (χ1n) is 7.16. The van der Waals surface area contributed by atoms with Crippen molar-refractivity contribution >= 4 is 29.2 Å². The summed E-state index contributed by atoms with van der Waals surface area (Å²) in [4.78, 5) is 15.3. The summed E-state index contributed by atoms with van der Waals surface area (Å²) in [5.74, 6) is -0.415. The van der Waals surface area contributed by atoms with Crippen molar-refractivity contribution in [3.8, 4) is 0 Å². The van der Waals surface area contributed by atoms with Crippen LogP contribution in [0, 0.1) is 6.92 Å². The number of nitrogens with zero attached hydrogens (tertiary/aromatic N) is 2. The van der Waals surface area contributed by atoms with Crippen molar-refractivity contribution in [1.82, 2.24) is 9.38 Å². The summed E-state index contributed by atoms with van der Waals surface area (Å²) in [6.07, 6.45) is 5.04. The summed E-state index contributed by atoms with van der Waals surface area (Å²) < 4.78 is 1.87. The molecule has 0 aliphatic carbocycles. The molecular formula is C18H15ClN2O2. The van der Waals surface area contributed by atoms with E-state index in [2.05, 4.69) is 4.98 Å². The summed E-state index contributed by atoms with van der Waals surface area (Å²) in [5.41, 5.74) is 3.91. The summed E-state index contributed by atoms with van der Waals surface area (Å²) in [6.45, 7) is 2.00. The fraction of sp³-hybridized carbons (Fsp3) is 0.111. The summed E-state index contributed by atoms with van der Waals surface area (Å²) in [5, 5.41) is 9.52. The second-order valence-corrected chi connectivity index (χ2v) is 5.72. The first-order valence-corrected chi connectivity index (χ1v) is 7.54. The minimum atomic E-state index is -0.999. The third-order valence-corrected chi connectivity index (χ3v) is 3.95. The van der Waals surface area contributed by atoms with Crippen molar-refractivity contribution in [3.63, 3.8) is 0 Å². The van der Waals surface area contributed by atoms with E-state index in [1.54, 1.807) is 0 Å². The Balaban J connectivity index is 2.05.